The highest BCUT2D eigenvalue weighted by Crippen LogP contribution is 2.27. The predicted molar refractivity (Wildman–Crippen MR) is 85.6 cm³/mol. The van der Waals surface area contributed by atoms with Crippen LogP contribution >= 0.6 is 0 Å². The van der Waals surface area contributed by atoms with Gasteiger partial charge in [0.05, 0.1) is 22.3 Å². The molecule has 0 radical (unpaired) electrons. The third kappa shape index (κ3) is 2.83. The number of sulfone groups is 1. The topological polar surface area (TPSA) is 61.2 Å². The molecule has 22 heavy (non-hydrogen) atoms. The van der Waals surface area contributed by atoms with Gasteiger partial charge in [-0.2, -0.15) is 5.26 Å². The van der Waals surface area contributed by atoms with E-state index in [1.165, 1.54) is 29.8 Å². The van der Waals surface area contributed by atoms with Crippen LogP contribution in [0.3, 0.4) is 0 Å². The average Bonchev–Trinajstić information content (AvgIpc) is 2.96. The lowest BCUT2D eigenvalue weighted by atomic mass is 10.2. The number of hydrogen-bond acceptors (Lipinski definition) is 4. The average molecular weight is 312 g/mol. The zero-order chi connectivity index (χ0) is 15.6. The number of hydrogen-bond donors (Lipinski definition) is 0. The molecule has 4 nitrogen and oxygen atoms in total. The molecule has 0 spiro atoms. The van der Waals surface area contributed by atoms with Gasteiger partial charge in [-0.1, -0.05) is 18.2 Å². The van der Waals surface area contributed by atoms with Crippen molar-refractivity contribution in [3.63, 3.8) is 0 Å². The quantitative estimate of drug-likeness (QED) is 0.870. The van der Waals surface area contributed by atoms with E-state index in [1.807, 2.05) is 24.3 Å². The van der Waals surface area contributed by atoms with Gasteiger partial charge in [-0.25, -0.2) is 8.42 Å². The molecule has 0 aromatic heterocycles. The zero-order valence-corrected chi connectivity index (χ0v) is 12.9. The Hall–Kier alpha value is -2.32. The van der Waals surface area contributed by atoms with E-state index in [2.05, 4.69) is 11.0 Å². The molecule has 2 aromatic rings. The first-order valence-electron chi connectivity index (χ1n) is 7.16. The monoisotopic (exact) mass is 312 g/mol. The zero-order valence-electron chi connectivity index (χ0n) is 12.1. The molecule has 0 amide bonds. The summed E-state index contributed by atoms with van der Waals surface area (Å²) in [6.45, 7) is 1.35. The SMILES string of the molecule is N#Cc1ccc(S(=O)(=O)CCN2CCc3ccccc32)cc1. The van der Waals surface area contributed by atoms with E-state index in [0.717, 1.165) is 18.7 Å². The molecule has 0 N–H and O–H groups in total. The lowest BCUT2D eigenvalue weighted by molar-refractivity contribution is 0.594. The molecule has 2 aromatic carbocycles. The van der Waals surface area contributed by atoms with Gasteiger partial charge in [0.15, 0.2) is 9.84 Å². The number of nitrogens with zero attached hydrogens (tertiary/aromatic N) is 2. The maximum absolute atomic E-state index is 12.4. The van der Waals surface area contributed by atoms with E-state index in [1.54, 1.807) is 0 Å². The Kier molecular flexibility index (Phi) is 3.86. The van der Waals surface area contributed by atoms with Gasteiger partial charge < -0.3 is 4.90 Å². The molecular weight excluding hydrogens is 296 g/mol. The van der Waals surface area contributed by atoms with Crippen LogP contribution in [-0.4, -0.2) is 27.3 Å². The van der Waals surface area contributed by atoms with Crippen molar-refractivity contribution in [2.45, 2.75) is 11.3 Å². The van der Waals surface area contributed by atoms with Gasteiger partial charge in [0.2, 0.25) is 0 Å². The molecular formula is C17H16N2O2S. The van der Waals surface area contributed by atoms with E-state index in [-0.39, 0.29) is 10.6 Å². The third-order valence-electron chi connectivity index (χ3n) is 3.96. The molecule has 0 bridgehead atoms. The van der Waals surface area contributed by atoms with Gasteiger partial charge in [0.25, 0.3) is 0 Å². The van der Waals surface area contributed by atoms with Crippen LogP contribution in [0.1, 0.15) is 11.1 Å². The fourth-order valence-corrected chi connectivity index (χ4v) is 3.97. The van der Waals surface area contributed by atoms with E-state index >= 15 is 0 Å². The summed E-state index contributed by atoms with van der Waals surface area (Å²) in [5.74, 6) is 0.0766. The van der Waals surface area contributed by atoms with Crippen molar-refractivity contribution in [2.24, 2.45) is 0 Å². The van der Waals surface area contributed by atoms with Crippen LogP contribution in [0.4, 0.5) is 5.69 Å². The smallest absolute Gasteiger partial charge is 0.180 e. The fourth-order valence-electron chi connectivity index (χ4n) is 2.72. The first kappa shape index (κ1) is 14.6. The summed E-state index contributed by atoms with van der Waals surface area (Å²) in [5.41, 5.74) is 2.88. The first-order valence-corrected chi connectivity index (χ1v) is 8.81. The highest BCUT2D eigenvalue weighted by atomic mass is 32.2. The lowest BCUT2D eigenvalue weighted by Crippen LogP contribution is -2.27. The Morgan fingerprint density at radius 3 is 2.55 bits per heavy atom. The summed E-state index contributed by atoms with van der Waals surface area (Å²) >= 11 is 0. The molecule has 1 aliphatic rings. The van der Waals surface area contributed by atoms with Gasteiger partial charge in [0, 0.05) is 18.8 Å². The van der Waals surface area contributed by atoms with Gasteiger partial charge in [-0.05, 0) is 42.3 Å². The van der Waals surface area contributed by atoms with Crippen molar-refractivity contribution in [3.05, 3.63) is 59.7 Å². The van der Waals surface area contributed by atoms with Crippen LogP contribution in [0.15, 0.2) is 53.4 Å². The molecule has 0 aliphatic carbocycles. The largest absolute Gasteiger partial charge is 0.370 e. The number of nitriles is 1. The van der Waals surface area contributed by atoms with Crippen molar-refractivity contribution in [1.82, 2.24) is 0 Å². The second-order valence-electron chi connectivity index (χ2n) is 5.32. The Morgan fingerprint density at radius 2 is 1.82 bits per heavy atom. The summed E-state index contributed by atoms with van der Waals surface area (Å²) in [4.78, 5) is 2.40. The Morgan fingerprint density at radius 1 is 1.09 bits per heavy atom. The number of benzene rings is 2. The van der Waals surface area contributed by atoms with E-state index < -0.39 is 9.84 Å². The molecule has 0 saturated carbocycles. The first-order chi connectivity index (χ1) is 10.6. The number of fused-ring (bicyclic) bond motifs is 1. The van der Waals surface area contributed by atoms with E-state index in [9.17, 15) is 8.42 Å². The molecule has 3 rings (SSSR count). The van der Waals surface area contributed by atoms with Gasteiger partial charge in [-0.3, -0.25) is 0 Å². The molecule has 1 heterocycles. The van der Waals surface area contributed by atoms with Gasteiger partial charge in [0.1, 0.15) is 0 Å². The minimum Gasteiger partial charge on any atom is -0.370 e. The molecule has 0 saturated heterocycles. The van der Waals surface area contributed by atoms with Crippen LogP contribution in [0.5, 0.6) is 0 Å². The summed E-state index contributed by atoms with van der Waals surface area (Å²) < 4.78 is 24.8. The highest BCUT2D eigenvalue weighted by Gasteiger charge is 2.21. The lowest BCUT2D eigenvalue weighted by Gasteiger charge is -2.19. The van der Waals surface area contributed by atoms with Gasteiger partial charge >= 0.3 is 0 Å². The van der Waals surface area contributed by atoms with Crippen molar-refractivity contribution in [2.75, 3.05) is 23.7 Å². The molecule has 1 aliphatic heterocycles. The van der Waals surface area contributed by atoms with Crippen LogP contribution in [0, 0.1) is 11.3 Å². The minimum absolute atomic E-state index is 0.0766. The van der Waals surface area contributed by atoms with E-state index in [0.29, 0.717) is 12.1 Å². The van der Waals surface area contributed by atoms with Crippen molar-refractivity contribution >= 4 is 15.5 Å². The number of rotatable bonds is 4. The number of anilines is 1. The van der Waals surface area contributed by atoms with Crippen LogP contribution in [-0.2, 0) is 16.3 Å². The predicted octanol–water partition coefficient (Wildman–Crippen LogP) is 2.39. The van der Waals surface area contributed by atoms with Crippen molar-refractivity contribution in [1.29, 1.82) is 5.26 Å². The summed E-state index contributed by atoms with van der Waals surface area (Å²) in [7, 11) is -3.33. The molecule has 5 heteroatoms. The minimum atomic E-state index is -3.33. The standard InChI is InChI=1S/C17H16N2O2S/c18-13-14-5-7-16(8-6-14)22(20,21)12-11-19-10-9-15-3-1-2-4-17(15)19/h1-8H,9-12H2. The van der Waals surface area contributed by atoms with Crippen molar-refractivity contribution < 1.29 is 8.42 Å². The third-order valence-corrected chi connectivity index (χ3v) is 5.67. The second-order valence-corrected chi connectivity index (χ2v) is 7.43. The number of para-hydroxylation sites is 1. The summed E-state index contributed by atoms with van der Waals surface area (Å²) in [6, 6.07) is 16.2. The Labute approximate surface area is 130 Å². The van der Waals surface area contributed by atoms with Gasteiger partial charge in [-0.15, -0.1) is 0 Å². The van der Waals surface area contributed by atoms with Crippen LogP contribution in [0.2, 0.25) is 0 Å². The second kappa shape index (κ2) is 5.82. The molecule has 0 unspecified atom stereocenters. The Balaban J connectivity index is 1.72. The van der Waals surface area contributed by atoms with Crippen LogP contribution in [0.25, 0.3) is 0 Å². The molecule has 112 valence electrons. The summed E-state index contributed by atoms with van der Waals surface area (Å²) in [6.07, 6.45) is 0.965. The molecule has 0 atom stereocenters. The maximum atomic E-state index is 12.4. The van der Waals surface area contributed by atoms with E-state index in [4.69, 9.17) is 5.26 Å². The normalized spacial score (nSPS) is 13.7. The summed E-state index contributed by atoms with van der Waals surface area (Å²) in [5, 5.41) is 8.77. The van der Waals surface area contributed by atoms with Crippen LogP contribution < -0.4 is 4.90 Å². The highest BCUT2D eigenvalue weighted by molar-refractivity contribution is 7.91. The fraction of sp³-hybridized carbons (Fsp3) is 0.235. The maximum Gasteiger partial charge on any atom is 0.180 e. The van der Waals surface area contributed by atoms with Crippen molar-refractivity contribution in [3.8, 4) is 6.07 Å². The Bertz CT molecular complexity index is 820. The molecule has 0 fully saturated rings.